The fourth-order valence-electron chi connectivity index (χ4n) is 3.41. The Morgan fingerprint density at radius 1 is 1.15 bits per heavy atom. The molecule has 1 heterocycles. The number of nitrogens with zero attached hydrogens (tertiary/aromatic N) is 1. The molecule has 0 radical (unpaired) electrons. The Hall–Kier alpha value is -2.89. The van der Waals surface area contributed by atoms with Crippen LogP contribution in [0.5, 0.6) is 5.75 Å². The van der Waals surface area contributed by atoms with Crippen molar-refractivity contribution in [3.05, 3.63) is 53.8 Å². The number of carboxylic acid groups (broad SMARTS) is 1. The number of piperidine rings is 1. The summed E-state index contributed by atoms with van der Waals surface area (Å²) >= 11 is 0. The van der Waals surface area contributed by atoms with Crippen LogP contribution in [0, 0.1) is 11.2 Å². The lowest BCUT2D eigenvalue weighted by molar-refractivity contribution is -0.150. The molecular formula is C21H22FNO4. The lowest BCUT2D eigenvalue weighted by atomic mass is 9.82. The van der Waals surface area contributed by atoms with Crippen molar-refractivity contribution in [2.75, 3.05) is 20.2 Å². The van der Waals surface area contributed by atoms with Crippen LogP contribution < -0.4 is 4.74 Å². The van der Waals surface area contributed by atoms with E-state index in [2.05, 4.69) is 0 Å². The second-order valence-electron chi connectivity index (χ2n) is 7.12. The van der Waals surface area contributed by atoms with Crippen LogP contribution in [0.1, 0.15) is 30.1 Å². The molecule has 0 aromatic heterocycles. The molecule has 0 bridgehead atoms. The minimum absolute atomic E-state index is 0.0399. The highest BCUT2D eigenvalue weighted by Gasteiger charge is 2.39. The van der Waals surface area contributed by atoms with E-state index in [1.54, 1.807) is 32.2 Å². The van der Waals surface area contributed by atoms with Crippen molar-refractivity contribution in [1.82, 2.24) is 4.90 Å². The maximum Gasteiger partial charge on any atom is 0.311 e. The first-order valence-electron chi connectivity index (χ1n) is 8.81. The van der Waals surface area contributed by atoms with Crippen molar-refractivity contribution in [1.29, 1.82) is 0 Å². The smallest absolute Gasteiger partial charge is 0.311 e. The van der Waals surface area contributed by atoms with Crippen LogP contribution in [-0.2, 0) is 4.79 Å². The quantitative estimate of drug-likeness (QED) is 0.887. The Kier molecular flexibility index (Phi) is 5.17. The van der Waals surface area contributed by atoms with Gasteiger partial charge in [-0.25, -0.2) is 4.39 Å². The Morgan fingerprint density at radius 3 is 2.41 bits per heavy atom. The lowest BCUT2D eigenvalue weighted by Gasteiger charge is -2.37. The Balaban J connectivity index is 1.82. The van der Waals surface area contributed by atoms with E-state index in [1.165, 1.54) is 17.0 Å². The number of benzene rings is 2. The maximum absolute atomic E-state index is 14.6. The molecule has 1 saturated heterocycles. The summed E-state index contributed by atoms with van der Waals surface area (Å²) in [5.41, 5.74) is 0.431. The molecule has 3 rings (SSSR count). The summed E-state index contributed by atoms with van der Waals surface area (Å²) in [6, 6.07) is 11.7. The normalized spacial score (nSPS) is 19.6. The average Bonchev–Trinajstić information content (AvgIpc) is 2.67. The minimum Gasteiger partial charge on any atom is -0.497 e. The van der Waals surface area contributed by atoms with Crippen molar-refractivity contribution >= 4 is 11.9 Å². The summed E-state index contributed by atoms with van der Waals surface area (Å²) < 4.78 is 19.8. The number of methoxy groups -OCH3 is 1. The van der Waals surface area contributed by atoms with Gasteiger partial charge in [-0.1, -0.05) is 18.2 Å². The van der Waals surface area contributed by atoms with Gasteiger partial charge in [0.15, 0.2) is 0 Å². The third kappa shape index (κ3) is 3.79. The number of carbonyl (C=O) groups is 2. The second kappa shape index (κ2) is 7.39. The van der Waals surface area contributed by atoms with E-state index >= 15 is 0 Å². The molecule has 1 aliphatic rings. The number of hydrogen-bond acceptors (Lipinski definition) is 3. The number of aliphatic carboxylic acids is 1. The van der Waals surface area contributed by atoms with Gasteiger partial charge in [-0.15, -0.1) is 0 Å². The summed E-state index contributed by atoms with van der Waals surface area (Å²) in [6.07, 6.45) is 1.09. The van der Waals surface area contributed by atoms with Gasteiger partial charge in [0, 0.05) is 13.1 Å². The first-order valence-corrected chi connectivity index (χ1v) is 8.81. The number of rotatable bonds is 4. The molecule has 1 aliphatic heterocycles. The van der Waals surface area contributed by atoms with Crippen LogP contribution in [0.25, 0.3) is 11.1 Å². The van der Waals surface area contributed by atoms with E-state index in [1.807, 2.05) is 12.1 Å². The molecule has 1 atom stereocenters. The lowest BCUT2D eigenvalue weighted by Crippen LogP contribution is -2.48. The molecule has 27 heavy (non-hydrogen) atoms. The molecule has 5 nitrogen and oxygen atoms in total. The monoisotopic (exact) mass is 371 g/mol. The molecule has 1 unspecified atom stereocenters. The SMILES string of the molecule is COc1ccc(-c2ccc(C(=O)N3CCCC(C)(C(=O)O)C3)c(F)c2)cc1. The van der Waals surface area contributed by atoms with E-state index in [-0.39, 0.29) is 12.1 Å². The highest BCUT2D eigenvalue weighted by molar-refractivity contribution is 5.95. The molecule has 2 aromatic rings. The van der Waals surface area contributed by atoms with Gasteiger partial charge in [-0.05, 0) is 55.2 Å². The zero-order valence-corrected chi connectivity index (χ0v) is 15.4. The number of halogens is 1. The van der Waals surface area contributed by atoms with Gasteiger partial charge in [-0.3, -0.25) is 9.59 Å². The number of hydrogen-bond donors (Lipinski definition) is 1. The molecule has 0 aliphatic carbocycles. The number of likely N-dealkylation sites (tertiary alicyclic amines) is 1. The fourth-order valence-corrected chi connectivity index (χ4v) is 3.41. The Labute approximate surface area is 157 Å². The Morgan fingerprint density at radius 2 is 1.81 bits per heavy atom. The highest BCUT2D eigenvalue weighted by Crippen LogP contribution is 2.31. The summed E-state index contributed by atoms with van der Waals surface area (Å²) in [4.78, 5) is 25.6. The fraction of sp³-hybridized carbons (Fsp3) is 0.333. The Bertz CT molecular complexity index is 865. The molecule has 0 saturated carbocycles. The first-order chi connectivity index (χ1) is 12.8. The first kappa shape index (κ1) is 18.9. The molecule has 1 fully saturated rings. The van der Waals surface area contributed by atoms with Gasteiger partial charge >= 0.3 is 5.97 Å². The van der Waals surface area contributed by atoms with Gasteiger partial charge in [0.1, 0.15) is 11.6 Å². The zero-order chi connectivity index (χ0) is 19.6. The molecule has 6 heteroatoms. The standard InChI is InChI=1S/C21H22FNO4/c1-21(20(25)26)10-3-11-23(13-21)19(24)17-9-6-15(12-18(17)22)14-4-7-16(27-2)8-5-14/h4-9,12H,3,10-11,13H2,1-2H3,(H,25,26). The topological polar surface area (TPSA) is 66.8 Å². The van der Waals surface area contributed by atoms with Crippen molar-refractivity contribution in [2.45, 2.75) is 19.8 Å². The van der Waals surface area contributed by atoms with E-state index in [4.69, 9.17) is 4.74 Å². The molecular weight excluding hydrogens is 349 g/mol. The predicted molar refractivity (Wildman–Crippen MR) is 99.3 cm³/mol. The van der Waals surface area contributed by atoms with E-state index in [0.29, 0.717) is 30.7 Å². The molecule has 142 valence electrons. The van der Waals surface area contributed by atoms with Gasteiger partial charge in [0.25, 0.3) is 5.91 Å². The van der Waals surface area contributed by atoms with Crippen molar-refractivity contribution in [3.8, 4) is 16.9 Å². The van der Waals surface area contributed by atoms with Crippen LogP contribution in [0.15, 0.2) is 42.5 Å². The minimum atomic E-state index is -0.993. The second-order valence-corrected chi connectivity index (χ2v) is 7.12. The van der Waals surface area contributed by atoms with Crippen molar-refractivity contribution < 1.29 is 23.8 Å². The van der Waals surface area contributed by atoms with Gasteiger partial charge in [0.2, 0.25) is 0 Å². The number of carboxylic acids is 1. The van der Waals surface area contributed by atoms with Crippen LogP contribution in [-0.4, -0.2) is 42.1 Å². The van der Waals surface area contributed by atoms with Crippen LogP contribution >= 0.6 is 0 Å². The average molecular weight is 371 g/mol. The summed E-state index contributed by atoms with van der Waals surface area (Å²) in [5, 5.41) is 9.40. The van der Waals surface area contributed by atoms with Crippen LogP contribution in [0.2, 0.25) is 0 Å². The van der Waals surface area contributed by atoms with Gasteiger partial charge in [0.05, 0.1) is 18.1 Å². The van der Waals surface area contributed by atoms with Gasteiger partial charge < -0.3 is 14.7 Å². The number of ether oxygens (including phenoxy) is 1. The van der Waals surface area contributed by atoms with E-state index in [0.717, 1.165) is 5.56 Å². The van der Waals surface area contributed by atoms with Crippen molar-refractivity contribution in [3.63, 3.8) is 0 Å². The zero-order valence-electron chi connectivity index (χ0n) is 15.4. The molecule has 0 spiro atoms. The van der Waals surface area contributed by atoms with E-state index < -0.39 is 23.1 Å². The highest BCUT2D eigenvalue weighted by atomic mass is 19.1. The largest absolute Gasteiger partial charge is 0.497 e. The van der Waals surface area contributed by atoms with Crippen LogP contribution in [0.4, 0.5) is 4.39 Å². The number of amides is 1. The summed E-state index contributed by atoms with van der Waals surface area (Å²) in [5.74, 6) is -1.32. The molecule has 1 amide bonds. The third-order valence-electron chi connectivity index (χ3n) is 5.12. The third-order valence-corrected chi connectivity index (χ3v) is 5.12. The predicted octanol–water partition coefficient (Wildman–Crippen LogP) is 3.83. The number of carbonyl (C=O) groups excluding carboxylic acids is 1. The van der Waals surface area contributed by atoms with E-state index in [9.17, 15) is 19.1 Å². The van der Waals surface area contributed by atoms with Crippen LogP contribution in [0.3, 0.4) is 0 Å². The molecule has 1 N–H and O–H groups in total. The summed E-state index contributed by atoms with van der Waals surface area (Å²) in [6.45, 7) is 2.14. The van der Waals surface area contributed by atoms with Crippen molar-refractivity contribution in [2.24, 2.45) is 5.41 Å². The van der Waals surface area contributed by atoms with Gasteiger partial charge in [-0.2, -0.15) is 0 Å². The maximum atomic E-state index is 14.6. The molecule has 2 aromatic carbocycles. The summed E-state index contributed by atoms with van der Waals surface area (Å²) in [7, 11) is 1.57.